The molecule has 0 bridgehead atoms. The Kier molecular flexibility index (Phi) is 9.93. The smallest absolute Gasteiger partial charge is 0.204 e. The zero-order valence-electron chi connectivity index (χ0n) is 24.1. The van der Waals surface area contributed by atoms with Crippen LogP contribution in [-0.2, 0) is 9.84 Å². The number of aromatic nitrogens is 4. The molecule has 0 spiro atoms. The number of anilines is 3. The lowest BCUT2D eigenvalue weighted by atomic mass is 10.3. The van der Waals surface area contributed by atoms with Gasteiger partial charge >= 0.3 is 0 Å². The fourth-order valence-corrected chi connectivity index (χ4v) is 6.81. The maximum atomic E-state index is 12.6. The Bertz CT molecular complexity index is 1370. The lowest BCUT2D eigenvalue weighted by Gasteiger charge is -2.36. The summed E-state index contributed by atoms with van der Waals surface area (Å²) in [6, 6.07) is 8.82. The van der Waals surface area contributed by atoms with E-state index in [4.69, 9.17) is 14.7 Å². The zero-order valence-corrected chi connectivity index (χ0v) is 25.8. The van der Waals surface area contributed by atoms with E-state index in [9.17, 15) is 8.42 Å². The van der Waals surface area contributed by atoms with E-state index in [-0.39, 0.29) is 11.7 Å². The average molecular weight is 589 g/mol. The molecule has 1 fully saturated rings. The molecule has 0 atom stereocenters. The minimum absolute atomic E-state index is 0.0595. The maximum absolute atomic E-state index is 12.6. The summed E-state index contributed by atoms with van der Waals surface area (Å²) in [7, 11) is 2.49. The number of likely N-dealkylation sites (N-methyl/N-ethyl adjacent to an activating group) is 1. The summed E-state index contributed by atoms with van der Waals surface area (Å²) in [5.74, 6) is 2.61. The fourth-order valence-electron chi connectivity index (χ4n) is 4.43. The van der Waals surface area contributed by atoms with Gasteiger partial charge in [0, 0.05) is 55.9 Å². The van der Waals surface area contributed by atoms with Crippen LogP contribution in [0.1, 0.15) is 19.5 Å². The van der Waals surface area contributed by atoms with Crippen LogP contribution in [0.4, 0.5) is 17.5 Å². The Balaban J connectivity index is 1.61. The molecular formula is C27H40N8O3S2. The normalized spacial score (nSPS) is 14.8. The molecule has 0 aliphatic carbocycles. The van der Waals surface area contributed by atoms with Crippen molar-refractivity contribution in [1.29, 1.82) is 0 Å². The van der Waals surface area contributed by atoms with E-state index in [1.165, 1.54) is 11.8 Å². The number of ether oxygens (including phenoxy) is 1. The van der Waals surface area contributed by atoms with Gasteiger partial charge in [0.1, 0.15) is 0 Å². The Morgan fingerprint density at radius 3 is 2.40 bits per heavy atom. The van der Waals surface area contributed by atoms with E-state index in [0.29, 0.717) is 27.4 Å². The number of aryl methyl sites for hydroxylation is 1. The first-order chi connectivity index (χ1) is 19.0. The summed E-state index contributed by atoms with van der Waals surface area (Å²) in [5, 5.41) is 11.1. The van der Waals surface area contributed by atoms with E-state index in [0.717, 1.165) is 55.7 Å². The largest absolute Gasteiger partial charge is 0.490 e. The summed E-state index contributed by atoms with van der Waals surface area (Å²) in [4.78, 5) is 17.8. The molecule has 218 valence electrons. The Hall–Kier alpha value is -2.87. The van der Waals surface area contributed by atoms with Crippen LogP contribution in [0.15, 0.2) is 45.3 Å². The highest BCUT2D eigenvalue weighted by Gasteiger charge is 2.25. The van der Waals surface area contributed by atoms with Crippen LogP contribution in [-0.4, -0.2) is 105 Å². The maximum Gasteiger partial charge on any atom is 0.204 e. The number of piperazine rings is 1. The summed E-state index contributed by atoms with van der Waals surface area (Å²) in [5.41, 5.74) is 0.923. The van der Waals surface area contributed by atoms with E-state index >= 15 is 0 Å². The summed E-state index contributed by atoms with van der Waals surface area (Å²) >= 11 is 1.38. The summed E-state index contributed by atoms with van der Waals surface area (Å²) in [6.45, 7) is 11.3. The number of benzene rings is 1. The molecule has 1 aromatic carbocycles. The van der Waals surface area contributed by atoms with Gasteiger partial charge in [0.25, 0.3) is 0 Å². The van der Waals surface area contributed by atoms with Gasteiger partial charge in [-0.3, -0.25) is 10.00 Å². The number of H-pyrrole nitrogens is 1. The monoisotopic (exact) mass is 588 g/mol. The number of nitrogens with one attached hydrogen (secondary N) is 2. The van der Waals surface area contributed by atoms with Gasteiger partial charge in [0.05, 0.1) is 17.8 Å². The fraction of sp³-hybridized carbons (Fsp3) is 0.519. The highest BCUT2D eigenvalue weighted by atomic mass is 32.2. The van der Waals surface area contributed by atoms with Gasteiger partial charge in [0.15, 0.2) is 32.4 Å². The number of rotatable bonds is 12. The third-order valence-corrected chi connectivity index (χ3v) is 9.43. The van der Waals surface area contributed by atoms with Gasteiger partial charge in [-0.15, -0.1) is 0 Å². The highest BCUT2D eigenvalue weighted by molar-refractivity contribution is 7.99. The number of hydrogen-bond donors (Lipinski definition) is 2. The Labute approximate surface area is 241 Å². The molecule has 1 saturated heterocycles. The molecule has 4 rings (SSSR count). The van der Waals surface area contributed by atoms with Gasteiger partial charge < -0.3 is 19.9 Å². The quantitative estimate of drug-likeness (QED) is 0.303. The van der Waals surface area contributed by atoms with Crippen molar-refractivity contribution in [3.8, 4) is 5.75 Å². The van der Waals surface area contributed by atoms with Crippen LogP contribution < -0.4 is 15.0 Å². The standard InChI is InChI=1S/C27H40N8O3S2/c1-19(2)18-40(36,37)22-9-7-21(8-10-22)39-27-29-25(28-23-17-20(3)31-32-23)24(38-6)26(30-27)35-15-13-34(14-16-35)12-11-33(4)5/h7-10,17,19H,11-16,18H2,1-6H3,(H2,28,29,30,31,32). The van der Waals surface area contributed by atoms with Crippen LogP contribution in [0.5, 0.6) is 5.75 Å². The molecule has 0 amide bonds. The van der Waals surface area contributed by atoms with Gasteiger partial charge in [-0.2, -0.15) is 5.10 Å². The SMILES string of the molecule is COc1c(Nc2cc(C)[nH]n2)nc(Sc2ccc(S(=O)(=O)CC(C)C)cc2)nc1N1CCN(CCN(C)C)CC1. The third-order valence-electron chi connectivity index (χ3n) is 6.46. The van der Waals surface area contributed by atoms with Crippen molar-refractivity contribution >= 4 is 39.1 Å². The first-order valence-electron chi connectivity index (χ1n) is 13.4. The summed E-state index contributed by atoms with van der Waals surface area (Å²) in [6.07, 6.45) is 0. The average Bonchev–Trinajstić information content (AvgIpc) is 3.31. The lowest BCUT2D eigenvalue weighted by molar-refractivity contribution is 0.228. The number of nitrogens with zero attached hydrogens (tertiary/aromatic N) is 6. The molecule has 11 nitrogen and oxygen atoms in total. The van der Waals surface area contributed by atoms with Crippen molar-refractivity contribution in [3.63, 3.8) is 0 Å². The molecule has 3 aromatic rings. The zero-order chi connectivity index (χ0) is 28.9. The molecule has 0 saturated carbocycles. The van der Waals surface area contributed by atoms with Crippen molar-refractivity contribution in [2.45, 2.75) is 35.7 Å². The second-order valence-corrected chi connectivity index (χ2v) is 13.7. The van der Waals surface area contributed by atoms with Gasteiger partial charge in [-0.25, -0.2) is 18.4 Å². The number of hydrogen-bond acceptors (Lipinski definition) is 11. The Morgan fingerprint density at radius 1 is 1.12 bits per heavy atom. The highest BCUT2D eigenvalue weighted by Crippen LogP contribution is 2.38. The van der Waals surface area contributed by atoms with Crippen LogP contribution in [0.25, 0.3) is 0 Å². The van der Waals surface area contributed by atoms with Gasteiger partial charge in [0.2, 0.25) is 5.75 Å². The number of methoxy groups -OCH3 is 1. The lowest BCUT2D eigenvalue weighted by Crippen LogP contribution is -2.48. The topological polar surface area (TPSA) is 120 Å². The molecule has 2 N–H and O–H groups in total. The molecule has 0 unspecified atom stereocenters. The van der Waals surface area contributed by atoms with Crippen molar-refractivity contribution in [2.75, 3.05) is 76.4 Å². The second-order valence-electron chi connectivity index (χ2n) is 10.7. The molecule has 0 radical (unpaired) electrons. The number of sulfone groups is 1. The minimum Gasteiger partial charge on any atom is -0.490 e. The minimum atomic E-state index is -3.32. The molecule has 13 heteroatoms. The van der Waals surface area contributed by atoms with E-state index < -0.39 is 9.84 Å². The molecule has 3 heterocycles. The number of aromatic amines is 1. The van der Waals surface area contributed by atoms with Crippen LogP contribution in [0.3, 0.4) is 0 Å². The predicted molar refractivity (Wildman–Crippen MR) is 160 cm³/mol. The Morgan fingerprint density at radius 2 is 1.82 bits per heavy atom. The van der Waals surface area contributed by atoms with Crippen molar-refractivity contribution in [1.82, 2.24) is 30.0 Å². The molecule has 1 aliphatic rings. The van der Waals surface area contributed by atoms with E-state index in [2.05, 4.69) is 44.3 Å². The van der Waals surface area contributed by atoms with Crippen LogP contribution in [0.2, 0.25) is 0 Å². The van der Waals surface area contributed by atoms with Gasteiger partial charge in [-0.05, 0) is 63.0 Å². The molecular weight excluding hydrogens is 548 g/mol. The summed E-state index contributed by atoms with van der Waals surface area (Å²) < 4.78 is 31.1. The predicted octanol–water partition coefficient (Wildman–Crippen LogP) is 3.52. The van der Waals surface area contributed by atoms with Crippen LogP contribution in [0, 0.1) is 12.8 Å². The molecule has 2 aromatic heterocycles. The van der Waals surface area contributed by atoms with Crippen molar-refractivity contribution in [3.05, 3.63) is 36.0 Å². The third kappa shape index (κ3) is 7.87. The van der Waals surface area contributed by atoms with Gasteiger partial charge in [-0.1, -0.05) is 13.8 Å². The van der Waals surface area contributed by atoms with E-state index in [1.807, 2.05) is 26.8 Å². The van der Waals surface area contributed by atoms with E-state index in [1.54, 1.807) is 31.4 Å². The molecule has 1 aliphatic heterocycles. The first-order valence-corrected chi connectivity index (χ1v) is 15.9. The van der Waals surface area contributed by atoms with Crippen molar-refractivity contribution < 1.29 is 13.2 Å². The van der Waals surface area contributed by atoms with Crippen molar-refractivity contribution in [2.24, 2.45) is 5.92 Å². The van der Waals surface area contributed by atoms with Crippen LogP contribution >= 0.6 is 11.8 Å². The molecule has 40 heavy (non-hydrogen) atoms. The second kappa shape index (κ2) is 13.2. The first kappa shape index (κ1) is 30.1.